The molecule has 0 atom stereocenters. The molecule has 2 heteroatoms. The lowest BCUT2D eigenvalue weighted by Crippen LogP contribution is -2.10. The van der Waals surface area contributed by atoms with Gasteiger partial charge in [-0.05, 0) is 31.1 Å². The average molecular weight is 280 g/mol. The zero-order valence-corrected chi connectivity index (χ0v) is 12.5. The summed E-state index contributed by atoms with van der Waals surface area (Å²) in [4.78, 5) is 12.1. The van der Waals surface area contributed by atoms with E-state index in [0.29, 0.717) is 18.6 Å². The van der Waals surface area contributed by atoms with Gasteiger partial charge in [0.2, 0.25) is 0 Å². The molecule has 0 aliphatic rings. The van der Waals surface area contributed by atoms with Crippen LogP contribution in [0.4, 0.5) is 0 Å². The van der Waals surface area contributed by atoms with E-state index in [1.807, 2.05) is 55.5 Å². The number of ether oxygens (including phenoxy) is 1. The van der Waals surface area contributed by atoms with Crippen molar-refractivity contribution in [3.8, 4) is 0 Å². The van der Waals surface area contributed by atoms with E-state index in [-0.39, 0.29) is 5.97 Å². The minimum atomic E-state index is -0.248. The third kappa shape index (κ3) is 4.60. The standard InChI is InChI=1S/C19H20O2/c1-3-21-19(20)18(13-16-7-5-4-6-8-16)14-17-11-9-15(2)10-12-17/h4-13H,3,14H2,1-2H3/b18-13+. The van der Waals surface area contributed by atoms with Crippen molar-refractivity contribution in [2.45, 2.75) is 20.3 Å². The molecule has 0 heterocycles. The molecule has 0 bridgehead atoms. The fraction of sp³-hybridized carbons (Fsp3) is 0.211. The number of aryl methyl sites for hydroxylation is 1. The second kappa shape index (κ2) is 7.44. The van der Waals surface area contributed by atoms with Gasteiger partial charge in [0, 0.05) is 12.0 Å². The van der Waals surface area contributed by atoms with Gasteiger partial charge in [0.25, 0.3) is 0 Å². The molecule has 21 heavy (non-hydrogen) atoms. The van der Waals surface area contributed by atoms with Gasteiger partial charge in [-0.25, -0.2) is 4.79 Å². The Morgan fingerprint density at radius 2 is 1.71 bits per heavy atom. The van der Waals surface area contributed by atoms with E-state index in [1.165, 1.54) is 5.56 Å². The van der Waals surface area contributed by atoms with Crippen LogP contribution in [0.2, 0.25) is 0 Å². The number of carbonyl (C=O) groups is 1. The van der Waals surface area contributed by atoms with Gasteiger partial charge in [-0.2, -0.15) is 0 Å². The molecule has 108 valence electrons. The van der Waals surface area contributed by atoms with Crippen molar-refractivity contribution in [3.05, 3.63) is 76.9 Å². The second-order valence-electron chi connectivity index (χ2n) is 4.96. The van der Waals surface area contributed by atoms with Gasteiger partial charge in [-0.1, -0.05) is 60.2 Å². The first-order valence-corrected chi connectivity index (χ1v) is 7.17. The fourth-order valence-electron chi connectivity index (χ4n) is 2.08. The lowest BCUT2D eigenvalue weighted by Gasteiger charge is -2.08. The summed E-state index contributed by atoms with van der Waals surface area (Å²) in [5.41, 5.74) is 4.00. The zero-order chi connectivity index (χ0) is 15.1. The van der Waals surface area contributed by atoms with Crippen molar-refractivity contribution in [1.29, 1.82) is 0 Å². The highest BCUT2D eigenvalue weighted by molar-refractivity contribution is 5.94. The normalized spacial score (nSPS) is 11.2. The summed E-state index contributed by atoms with van der Waals surface area (Å²) in [7, 11) is 0. The van der Waals surface area contributed by atoms with Gasteiger partial charge in [-0.15, -0.1) is 0 Å². The van der Waals surface area contributed by atoms with Gasteiger partial charge in [0.1, 0.15) is 0 Å². The number of hydrogen-bond acceptors (Lipinski definition) is 2. The molecule has 2 aromatic carbocycles. The molecule has 0 fully saturated rings. The summed E-state index contributed by atoms with van der Waals surface area (Å²) in [5.74, 6) is -0.248. The topological polar surface area (TPSA) is 26.3 Å². The Morgan fingerprint density at radius 1 is 1.05 bits per heavy atom. The molecule has 0 unspecified atom stereocenters. The summed E-state index contributed by atoms with van der Waals surface area (Å²) in [6.07, 6.45) is 2.48. The Morgan fingerprint density at radius 3 is 2.33 bits per heavy atom. The first-order valence-electron chi connectivity index (χ1n) is 7.17. The third-order valence-corrected chi connectivity index (χ3v) is 3.19. The lowest BCUT2D eigenvalue weighted by molar-refractivity contribution is -0.138. The van der Waals surface area contributed by atoms with Crippen LogP contribution in [0.25, 0.3) is 6.08 Å². The minimum absolute atomic E-state index is 0.248. The van der Waals surface area contributed by atoms with Crippen molar-refractivity contribution >= 4 is 12.0 Å². The number of esters is 1. The van der Waals surface area contributed by atoms with Crippen LogP contribution in [0, 0.1) is 6.92 Å². The maximum Gasteiger partial charge on any atom is 0.334 e. The smallest absolute Gasteiger partial charge is 0.334 e. The summed E-state index contributed by atoms with van der Waals surface area (Å²) in [5, 5.41) is 0. The molecule has 0 spiro atoms. The Labute approximate surface area is 126 Å². The molecule has 0 amide bonds. The van der Waals surface area contributed by atoms with Crippen LogP contribution in [0.15, 0.2) is 60.2 Å². The quantitative estimate of drug-likeness (QED) is 0.606. The van der Waals surface area contributed by atoms with Crippen LogP contribution < -0.4 is 0 Å². The highest BCUT2D eigenvalue weighted by atomic mass is 16.5. The third-order valence-electron chi connectivity index (χ3n) is 3.19. The molecule has 2 rings (SSSR count). The maximum absolute atomic E-state index is 12.1. The van der Waals surface area contributed by atoms with Gasteiger partial charge in [-0.3, -0.25) is 0 Å². The van der Waals surface area contributed by atoms with Crippen molar-refractivity contribution in [3.63, 3.8) is 0 Å². The number of carbonyl (C=O) groups excluding carboxylic acids is 1. The molecule has 2 aromatic rings. The van der Waals surface area contributed by atoms with Gasteiger partial charge < -0.3 is 4.74 Å². The molecule has 0 radical (unpaired) electrons. The van der Waals surface area contributed by atoms with Crippen LogP contribution in [0.3, 0.4) is 0 Å². The summed E-state index contributed by atoms with van der Waals surface area (Å²) in [6, 6.07) is 18.0. The Bertz CT molecular complexity index is 610. The van der Waals surface area contributed by atoms with Crippen molar-refractivity contribution in [2.24, 2.45) is 0 Å². The second-order valence-corrected chi connectivity index (χ2v) is 4.96. The molecule has 0 aliphatic carbocycles. The average Bonchev–Trinajstić information content (AvgIpc) is 2.50. The highest BCUT2D eigenvalue weighted by Gasteiger charge is 2.11. The highest BCUT2D eigenvalue weighted by Crippen LogP contribution is 2.15. The molecule has 0 N–H and O–H groups in total. The van der Waals surface area contributed by atoms with Crippen LogP contribution in [-0.2, 0) is 16.0 Å². The lowest BCUT2D eigenvalue weighted by atomic mass is 10.0. The number of rotatable bonds is 5. The molecular formula is C19H20O2. The van der Waals surface area contributed by atoms with E-state index in [1.54, 1.807) is 0 Å². The minimum Gasteiger partial charge on any atom is -0.463 e. The van der Waals surface area contributed by atoms with E-state index >= 15 is 0 Å². The molecular weight excluding hydrogens is 260 g/mol. The maximum atomic E-state index is 12.1. The van der Waals surface area contributed by atoms with Crippen molar-refractivity contribution in [2.75, 3.05) is 6.61 Å². The largest absolute Gasteiger partial charge is 0.463 e. The Kier molecular flexibility index (Phi) is 5.33. The SMILES string of the molecule is CCOC(=O)/C(=C/c1ccccc1)Cc1ccc(C)cc1. The van der Waals surface area contributed by atoms with Crippen molar-refractivity contribution in [1.82, 2.24) is 0 Å². The molecule has 0 saturated carbocycles. The van der Waals surface area contributed by atoms with E-state index in [0.717, 1.165) is 11.1 Å². The van der Waals surface area contributed by atoms with Crippen LogP contribution in [0.5, 0.6) is 0 Å². The molecule has 0 aliphatic heterocycles. The van der Waals surface area contributed by atoms with E-state index in [9.17, 15) is 4.79 Å². The first kappa shape index (κ1) is 15.0. The van der Waals surface area contributed by atoms with Crippen LogP contribution >= 0.6 is 0 Å². The van der Waals surface area contributed by atoms with Crippen LogP contribution in [-0.4, -0.2) is 12.6 Å². The van der Waals surface area contributed by atoms with Gasteiger partial charge >= 0.3 is 5.97 Å². The summed E-state index contributed by atoms with van der Waals surface area (Å²) in [6.45, 7) is 4.26. The van der Waals surface area contributed by atoms with Crippen molar-refractivity contribution < 1.29 is 9.53 Å². The van der Waals surface area contributed by atoms with Gasteiger partial charge in [0.05, 0.1) is 6.61 Å². The Hall–Kier alpha value is -2.35. The summed E-state index contributed by atoms with van der Waals surface area (Å²) < 4.78 is 5.16. The predicted molar refractivity (Wildman–Crippen MR) is 85.9 cm³/mol. The number of benzene rings is 2. The molecule has 0 saturated heterocycles. The predicted octanol–water partition coefficient (Wildman–Crippen LogP) is 4.18. The molecule has 0 aromatic heterocycles. The zero-order valence-electron chi connectivity index (χ0n) is 12.5. The van der Waals surface area contributed by atoms with E-state index in [4.69, 9.17) is 4.74 Å². The van der Waals surface area contributed by atoms with Crippen LogP contribution in [0.1, 0.15) is 23.6 Å². The van der Waals surface area contributed by atoms with Gasteiger partial charge in [0.15, 0.2) is 0 Å². The fourth-order valence-corrected chi connectivity index (χ4v) is 2.08. The number of hydrogen-bond donors (Lipinski definition) is 0. The van der Waals surface area contributed by atoms with E-state index in [2.05, 4.69) is 19.1 Å². The first-order chi connectivity index (χ1) is 10.2. The molecule has 2 nitrogen and oxygen atoms in total. The summed E-state index contributed by atoms with van der Waals surface area (Å²) >= 11 is 0. The Balaban J connectivity index is 2.26. The van der Waals surface area contributed by atoms with E-state index < -0.39 is 0 Å². The monoisotopic (exact) mass is 280 g/mol.